The highest BCUT2D eigenvalue weighted by molar-refractivity contribution is 7.92. The Hall–Kier alpha value is -2.13. The summed E-state index contributed by atoms with van der Waals surface area (Å²) in [5, 5.41) is 7.67. The Morgan fingerprint density at radius 2 is 1.96 bits per heavy atom. The molecule has 0 unspecified atom stereocenters. The van der Waals surface area contributed by atoms with Gasteiger partial charge in [0.15, 0.2) is 0 Å². The van der Waals surface area contributed by atoms with E-state index in [1.807, 2.05) is 13.8 Å². The molecule has 2 aromatic heterocycles. The summed E-state index contributed by atoms with van der Waals surface area (Å²) in [6.07, 6.45) is 2.80. The van der Waals surface area contributed by atoms with E-state index in [0.29, 0.717) is 34.8 Å². The van der Waals surface area contributed by atoms with Gasteiger partial charge in [-0.2, -0.15) is 5.10 Å². The number of piperazine rings is 1. The summed E-state index contributed by atoms with van der Waals surface area (Å²) in [6, 6.07) is 3.47. The Kier molecular flexibility index (Phi) is 5.47. The monoisotopic (exact) mass is 378 g/mol. The predicted molar refractivity (Wildman–Crippen MR) is 102 cm³/mol. The molecule has 0 atom stereocenters. The van der Waals surface area contributed by atoms with Crippen LogP contribution < -0.4 is 14.9 Å². The number of nitrogens with one attached hydrogen (secondary N) is 2. The molecule has 1 fully saturated rings. The van der Waals surface area contributed by atoms with Crippen molar-refractivity contribution in [3.63, 3.8) is 0 Å². The van der Waals surface area contributed by atoms with Crippen molar-refractivity contribution in [3.8, 4) is 0 Å². The molecule has 1 saturated heterocycles. The van der Waals surface area contributed by atoms with Crippen LogP contribution >= 0.6 is 0 Å². The summed E-state index contributed by atoms with van der Waals surface area (Å²) in [6.45, 7) is 7.35. The van der Waals surface area contributed by atoms with Crippen molar-refractivity contribution in [2.75, 3.05) is 35.8 Å². The van der Waals surface area contributed by atoms with Gasteiger partial charge in [-0.1, -0.05) is 13.8 Å². The van der Waals surface area contributed by atoms with Crippen LogP contribution in [0.4, 0.5) is 11.5 Å². The van der Waals surface area contributed by atoms with Crippen molar-refractivity contribution in [1.29, 1.82) is 0 Å². The Bertz CT molecular complexity index is 871. The Balaban J connectivity index is 1.91. The topological polar surface area (TPSA) is 92.1 Å². The Labute approximate surface area is 154 Å². The molecule has 8 nitrogen and oxygen atoms in total. The van der Waals surface area contributed by atoms with E-state index in [9.17, 15) is 8.42 Å². The molecular weight excluding hydrogens is 352 g/mol. The van der Waals surface area contributed by atoms with Gasteiger partial charge < -0.3 is 10.2 Å². The first kappa shape index (κ1) is 18.7. The van der Waals surface area contributed by atoms with Gasteiger partial charge in [-0.25, -0.2) is 13.4 Å². The number of rotatable bonds is 6. The second-order valence-electron chi connectivity index (χ2n) is 6.30. The molecule has 0 saturated carbocycles. The molecule has 1 aliphatic rings. The molecule has 0 bridgehead atoms. The largest absolute Gasteiger partial charge is 0.354 e. The lowest BCUT2D eigenvalue weighted by atomic mass is 10.2. The Morgan fingerprint density at radius 3 is 2.62 bits per heavy atom. The van der Waals surface area contributed by atoms with Crippen LogP contribution in [0.2, 0.25) is 0 Å². The third kappa shape index (κ3) is 3.68. The third-order valence-corrected chi connectivity index (χ3v) is 6.08. The standard InChI is InChI=1S/C17H26N6O2S/c1-4-14-17(15(5-2)22(3)20-14)26(24,25)21-13-6-7-19-16(12-13)23-10-8-18-9-11-23/h6-7,12,18H,4-5,8-11H2,1-3H3,(H,19,21). The van der Waals surface area contributed by atoms with Crippen LogP contribution in [0.1, 0.15) is 25.2 Å². The summed E-state index contributed by atoms with van der Waals surface area (Å²) < 4.78 is 30.5. The van der Waals surface area contributed by atoms with E-state index in [2.05, 4.69) is 25.0 Å². The lowest BCUT2D eigenvalue weighted by Gasteiger charge is -2.28. The fourth-order valence-electron chi connectivity index (χ4n) is 3.29. The van der Waals surface area contributed by atoms with Gasteiger partial charge in [0, 0.05) is 45.5 Å². The second kappa shape index (κ2) is 7.63. The summed E-state index contributed by atoms with van der Waals surface area (Å²) in [5.41, 5.74) is 1.82. The molecule has 1 aliphatic heterocycles. The van der Waals surface area contributed by atoms with Gasteiger partial charge in [-0.05, 0) is 18.9 Å². The van der Waals surface area contributed by atoms with Crippen LogP contribution in [0.5, 0.6) is 0 Å². The summed E-state index contributed by atoms with van der Waals surface area (Å²) in [7, 11) is -1.93. The predicted octanol–water partition coefficient (Wildman–Crippen LogP) is 1.15. The highest BCUT2D eigenvalue weighted by atomic mass is 32.2. The molecule has 0 amide bonds. The number of nitrogens with zero attached hydrogens (tertiary/aromatic N) is 4. The SMILES string of the molecule is CCc1nn(C)c(CC)c1S(=O)(=O)Nc1ccnc(N2CCNCC2)c1. The minimum Gasteiger partial charge on any atom is -0.354 e. The number of aryl methyl sites for hydroxylation is 2. The maximum Gasteiger partial charge on any atom is 0.265 e. The first-order valence-electron chi connectivity index (χ1n) is 8.95. The first-order chi connectivity index (χ1) is 12.5. The number of anilines is 2. The number of hydrogen-bond donors (Lipinski definition) is 2. The fourth-order valence-corrected chi connectivity index (χ4v) is 4.91. The van der Waals surface area contributed by atoms with Gasteiger partial charge in [0.1, 0.15) is 10.7 Å². The Morgan fingerprint density at radius 1 is 1.23 bits per heavy atom. The second-order valence-corrected chi connectivity index (χ2v) is 7.92. The van der Waals surface area contributed by atoms with Gasteiger partial charge >= 0.3 is 0 Å². The van der Waals surface area contributed by atoms with Gasteiger partial charge in [0.05, 0.1) is 17.1 Å². The molecule has 9 heteroatoms. The zero-order valence-electron chi connectivity index (χ0n) is 15.5. The van der Waals surface area contributed by atoms with E-state index >= 15 is 0 Å². The van der Waals surface area contributed by atoms with Crippen LogP contribution in [0.25, 0.3) is 0 Å². The molecule has 3 rings (SSSR count). The average Bonchev–Trinajstić information content (AvgIpc) is 2.99. The molecule has 0 radical (unpaired) electrons. The van der Waals surface area contributed by atoms with E-state index in [-0.39, 0.29) is 0 Å². The van der Waals surface area contributed by atoms with E-state index < -0.39 is 10.0 Å². The third-order valence-electron chi connectivity index (χ3n) is 4.56. The molecule has 0 aliphatic carbocycles. The van der Waals surface area contributed by atoms with Crippen LogP contribution in [0, 0.1) is 0 Å². The average molecular weight is 379 g/mol. The maximum atomic E-state index is 13.1. The fraction of sp³-hybridized carbons (Fsp3) is 0.529. The van der Waals surface area contributed by atoms with Crippen molar-refractivity contribution in [2.45, 2.75) is 31.6 Å². The number of sulfonamides is 1. The minimum atomic E-state index is -3.72. The molecule has 0 aromatic carbocycles. The van der Waals surface area contributed by atoms with Crippen LogP contribution in [-0.4, -0.2) is 49.4 Å². The quantitative estimate of drug-likeness (QED) is 0.783. The highest BCUT2D eigenvalue weighted by Gasteiger charge is 2.26. The van der Waals surface area contributed by atoms with Crippen LogP contribution in [-0.2, 0) is 29.9 Å². The van der Waals surface area contributed by atoms with E-state index in [1.54, 1.807) is 30.1 Å². The number of pyridine rings is 1. The summed E-state index contributed by atoms with van der Waals surface area (Å²) in [5.74, 6) is 0.782. The van der Waals surface area contributed by atoms with Gasteiger partial charge in [0.2, 0.25) is 0 Å². The molecule has 3 heterocycles. The number of hydrogen-bond acceptors (Lipinski definition) is 6. The molecule has 2 aromatic rings. The summed E-state index contributed by atoms with van der Waals surface area (Å²) >= 11 is 0. The molecule has 0 spiro atoms. The first-order valence-corrected chi connectivity index (χ1v) is 10.4. The van der Waals surface area contributed by atoms with Gasteiger partial charge in [-0.3, -0.25) is 9.40 Å². The van der Waals surface area contributed by atoms with Crippen LogP contribution in [0.15, 0.2) is 23.2 Å². The lowest BCUT2D eigenvalue weighted by molar-refractivity contribution is 0.585. The van der Waals surface area contributed by atoms with Gasteiger partial charge in [0.25, 0.3) is 10.0 Å². The van der Waals surface area contributed by atoms with Crippen molar-refractivity contribution < 1.29 is 8.42 Å². The molecule has 26 heavy (non-hydrogen) atoms. The summed E-state index contributed by atoms with van der Waals surface area (Å²) in [4.78, 5) is 6.83. The van der Waals surface area contributed by atoms with Crippen molar-refractivity contribution in [2.24, 2.45) is 7.05 Å². The van der Waals surface area contributed by atoms with E-state index in [4.69, 9.17) is 0 Å². The van der Waals surface area contributed by atoms with E-state index in [1.165, 1.54) is 0 Å². The molecule has 2 N–H and O–H groups in total. The van der Waals surface area contributed by atoms with E-state index in [0.717, 1.165) is 32.0 Å². The maximum absolute atomic E-state index is 13.1. The molecule has 142 valence electrons. The van der Waals surface area contributed by atoms with Crippen LogP contribution in [0.3, 0.4) is 0 Å². The number of aromatic nitrogens is 3. The normalized spacial score (nSPS) is 15.3. The molecular formula is C17H26N6O2S. The van der Waals surface area contributed by atoms with Gasteiger partial charge in [-0.15, -0.1) is 0 Å². The zero-order chi connectivity index (χ0) is 18.7. The van der Waals surface area contributed by atoms with Crippen molar-refractivity contribution in [1.82, 2.24) is 20.1 Å². The minimum absolute atomic E-state index is 0.297. The smallest absolute Gasteiger partial charge is 0.265 e. The van der Waals surface area contributed by atoms with Crippen molar-refractivity contribution >= 4 is 21.5 Å². The van der Waals surface area contributed by atoms with Crippen molar-refractivity contribution in [3.05, 3.63) is 29.7 Å². The highest BCUT2D eigenvalue weighted by Crippen LogP contribution is 2.25. The zero-order valence-corrected chi connectivity index (χ0v) is 16.3. The lowest BCUT2D eigenvalue weighted by Crippen LogP contribution is -2.43.